The number of morpholine rings is 1. The third-order valence-electron chi connectivity index (χ3n) is 4.26. The van der Waals surface area contributed by atoms with Gasteiger partial charge in [-0.2, -0.15) is 0 Å². The van der Waals surface area contributed by atoms with Crippen LogP contribution in [0, 0.1) is 4.78 Å². The maximum absolute atomic E-state index is 12.3. The highest BCUT2D eigenvalue weighted by Crippen LogP contribution is 2.52. The van der Waals surface area contributed by atoms with Crippen molar-refractivity contribution < 1.29 is 8.95 Å². The number of rotatable bonds is 3. The first-order valence-electron chi connectivity index (χ1n) is 6.96. The van der Waals surface area contributed by atoms with Crippen LogP contribution in [0.25, 0.3) is 0 Å². The summed E-state index contributed by atoms with van der Waals surface area (Å²) in [5.41, 5.74) is 0.638. The average Bonchev–Trinajstić information content (AvgIpc) is 3.19. The lowest BCUT2D eigenvalue weighted by molar-refractivity contribution is 0.0985. The van der Waals surface area contributed by atoms with Crippen molar-refractivity contribution >= 4 is 27.1 Å². The van der Waals surface area contributed by atoms with Crippen molar-refractivity contribution in [3.63, 3.8) is 0 Å². The van der Waals surface area contributed by atoms with E-state index in [1.54, 1.807) is 0 Å². The fraction of sp³-hybridized carbons (Fsp3) is 0.692. The summed E-state index contributed by atoms with van der Waals surface area (Å²) >= 11 is 6.07. The molecule has 1 saturated heterocycles. The summed E-state index contributed by atoms with van der Waals surface area (Å²) in [5.74, 6) is 0.732. The second-order valence-electron chi connectivity index (χ2n) is 5.84. The SMILES string of the molecule is C[C@@H]1COCCN1c1cc(C2([S@](C)(=N)=O)CC2)nc(Cl)n1. The van der Waals surface area contributed by atoms with Crippen molar-refractivity contribution in [3.8, 4) is 0 Å². The van der Waals surface area contributed by atoms with Gasteiger partial charge in [0.25, 0.3) is 0 Å². The minimum absolute atomic E-state index is 0.149. The lowest BCUT2D eigenvalue weighted by Crippen LogP contribution is -2.44. The Morgan fingerprint density at radius 3 is 2.81 bits per heavy atom. The zero-order chi connectivity index (χ0) is 15.3. The summed E-state index contributed by atoms with van der Waals surface area (Å²) in [6.45, 7) is 4.10. The van der Waals surface area contributed by atoms with Crippen molar-refractivity contribution in [2.24, 2.45) is 0 Å². The van der Waals surface area contributed by atoms with Gasteiger partial charge in [-0.1, -0.05) is 0 Å². The molecule has 0 unspecified atom stereocenters. The zero-order valence-corrected chi connectivity index (χ0v) is 13.7. The number of hydrogen-bond donors (Lipinski definition) is 1. The van der Waals surface area contributed by atoms with Gasteiger partial charge in [0.2, 0.25) is 5.28 Å². The van der Waals surface area contributed by atoms with E-state index in [0.29, 0.717) is 18.9 Å². The van der Waals surface area contributed by atoms with E-state index in [9.17, 15) is 4.21 Å². The molecule has 0 radical (unpaired) electrons. The summed E-state index contributed by atoms with van der Waals surface area (Å²) in [7, 11) is -2.71. The second kappa shape index (κ2) is 5.07. The van der Waals surface area contributed by atoms with Crippen LogP contribution >= 0.6 is 11.6 Å². The number of anilines is 1. The van der Waals surface area contributed by atoms with Crippen molar-refractivity contribution in [2.75, 3.05) is 30.9 Å². The molecular formula is C13H19ClN4O2S. The molecule has 2 atom stereocenters. The highest BCUT2D eigenvalue weighted by molar-refractivity contribution is 7.92. The number of halogens is 1. The Labute approximate surface area is 129 Å². The van der Waals surface area contributed by atoms with Gasteiger partial charge in [0.1, 0.15) is 5.82 Å². The molecule has 1 aromatic heterocycles. The topological polar surface area (TPSA) is 79.2 Å². The molecule has 2 heterocycles. The molecule has 6 nitrogen and oxygen atoms in total. The predicted octanol–water partition coefficient (Wildman–Crippen LogP) is 2.02. The first kappa shape index (κ1) is 15.0. The Balaban J connectivity index is 2.01. The predicted molar refractivity (Wildman–Crippen MR) is 82.4 cm³/mol. The third kappa shape index (κ3) is 2.62. The molecular weight excluding hydrogens is 312 g/mol. The summed E-state index contributed by atoms with van der Waals surface area (Å²) in [5, 5.41) is 0.149. The van der Waals surface area contributed by atoms with E-state index in [4.69, 9.17) is 21.1 Å². The molecule has 3 rings (SSSR count). The minimum Gasteiger partial charge on any atom is -0.377 e. The van der Waals surface area contributed by atoms with Crippen LogP contribution in [0.4, 0.5) is 5.82 Å². The smallest absolute Gasteiger partial charge is 0.224 e. The van der Waals surface area contributed by atoms with Crippen LogP contribution in [0.15, 0.2) is 6.07 Å². The number of ether oxygens (including phenoxy) is 1. The van der Waals surface area contributed by atoms with Gasteiger partial charge in [-0.05, 0) is 31.4 Å². The lowest BCUT2D eigenvalue weighted by atomic mass is 10.2. The Hall–Kier alpha value is -0.920. The molecule has 0 bridgehead atoms. The Morgan fingerprint density at radius 1 is 1.52 bits per heavy atom. The van der Waals surface area contributed by atoms with Gasteiger partial charge < -0.3 is 9.64 Å². The Kier molecular flexibility index (Phi) is 3.62. The van der Waals surface area contributed by atoms with E-state index in [0.717, 1.165) is 25.2 Å². The third-order valence-corrected chi connectivity index (χ3v) is 6.54. The molecule has 21 heavy (non-hydrogen) atoms. The molecule has 0 aromatic carbocycles. The van der Waals surface area contributed by atoms with Crippen LogP contribution in [-0.2, 0) is 19.2 Å². The second-order valence-corrected chi connectivity index (χ2v) is 8.64. The molecule has 2 fully saturated rings. The monoisotopic (exact) mass is 330 g/mol. The van der Waals surface area contributed by atoms with Crippen molar-refractivity contribution in [2.45, 2.75) is 30.6 Å². The molecule has 1 aliphatic heterocycles. The summed E-state index contributed by atoms with van der Waals surface area (Å²) in [4.78, 5) is 10.7. The largest absolute Gasteiger partial charge is 0.377 e. The summed E-state index contributed by atoms with van der Waals surface area (Å²) < 4.78 is 25.0. The van der Waals surface area contributed by atoms with Crippen LogP contribution in [0.2, 0.25) is 5.28 Å². The maximum atomic E-state index is 12.3. The van der Waals surface area contributed by atoms with E-state index < -0.39 is 14.5 Å². The minimum atomic E-state index is -2.71. The van der Waals surface area contributed by atoms with Gasteiger partial charge >= 0.3 is 0 Å². The van der Waals surface area contributed by atoms with Crippen molar-refractivity contribution in [1.29, 1.82) is 4.78 Å². The van der Waals surface area contributed by atoms with Gasteiger partial charge in [0.15, 0.2) is 0 Å². The van der Waals surface area contributed by atoms with Gasteiger partial charge in [0, 0.05) is 18.9 Å². The average molecular weight is 331 g/mol. The zero-order valence-electron chi connectivity index (χ0n) is 12.1. The normalized spacial score (nSPS) is 27.2. The molecule has 0 amide bonds. The fourth-order valence-corrected chi connectivity index (χ4v) is 4.37. The molecule has 0 spiro atoms. The van der Waals surface area contributed by atoms with Gasteiger partial charge in [-0.3, -0.25) is 4.78 Å². The van der Waals surface area contributed by atoms with Crippen molar-refractivity contribution in [1.82, 2.24) is 9.97 Å². The molecule has 1 saturated carbocycles. The molecule has 8 heteroatoms. The van der Waals surface area contributed by atoms with E-state index >= 15 is 0 Å². The summed E-state index contributed by atoms with van der Waals surface area (Å²) in [6, 6.07) is 2.05. The Bertz CT molecular complexity index is 660. The molecule has 1 aliphatic carbocycles. The molecule has 1 N–H and O–H groups in total. The number of aromatic nitrogens is 2. The maximum Gasteiger partial charge on any atom is 0.224 e. The summed E-state index contributed by atoms with van der Waals surface area (Å²) in [6.07, 6.45) is 2.92. The van der Waals surface area contributed by atoms with E-state index in [2.05, 4.69) is 21.8 Å². The molecule has 2 aliphatic rings. The van der Waals surface area contributed by atoms with E-state index in [-0.39, 0.29) is 11.3 Å². The fourth-order valence-electron chi connectivity index (χ4n) is 2.81. The van der Waals surface area contributed by atoms with Gasteiger partial charge in [0.05, 0.1) is 39.4 Å². The van der Waals surface area contributed by atoms with Crippen LogP contribution in [-0.4, -0.2) is 46.2 Å². The van der Waals surface area contributed by atoms with Crippen molar-refractivity contribution in [3.05, 3.63) is 17.0 Å². The molecule has 116 valence electrons. The Morgan fingerprint density at radius 2 is 2.24 bits per heavy atom. The molecule has 1 aromatic rings. The quantitative estimate of drug-likeness (QED) is 0.858. The number of nitrogens with zero attached hydrogens (tertiary/aromatic N) is 3. The van der Waals surface area contributed by atoms with Crippen LogP contribution in [0.1, 0.15) is 25.5 Å². The lowest BCUT2D eigenvalue weighted by Gasteiger charge is -2.34. The number of nitrogens with one attached hydrogen (secondary N) is 1. The van der Waals surface area contributed by atoms with Crippen LogP contribution in [0.5, 0.6) is 0 Å². The standard InChI is InChI=1S/C13H19ClN4O2S/c1-9-8-20-6-5-18(9)11-7-10(16-12(14)17-11)13(3-4-13)21(2,15)19/h7,9,15H,3-6,8H2,1-2H3/t9-,21-/m1/s1. The van der Waals surface area contributed by atoms with Crippen LogP contribution in [0.3, 0.4) is 0 Å². The van der Waals surface area contributed by atoms with Gasteiger partial charge in [-0.25, -0.2) is 14.2 Å². The first-order valence-corrected chi connectivity index (χ1v) is 9.31. The van der Waals surface area contributed by atoms with Gasteiger partial charge in [-0.15, -0.1) is 0 Å². The first-order chi connectivity index (χ1) is 9.83. The van der Waals surface area contributed by atoms with E-state index in [1.807, 2.05) is 6.07 Å². The number of hydrogen-bond acceptors (Lipinski definition) is 6. The van der Waals surface area contributed by atoms with Crippen LogP contribution < -0.4 is 4.90 Å². The highest BCUT2D eigenvalue weighted by atomic mass is 35.5. The highest BCUT2D eigenvalue weighted by Gasteiger charge is 2.53. The van der Waals surface area contributed by atoms with E-state index in [1.165, 1.54) is 6.26 Å².